The number of esters is 1. The van der Waals surface area contributed by atoms with Crippen molar-refractivity contribution in [1.82, 2.24) is 9.88 Å². The van der Waals surface area contributed by atoms with Crippen molar-refractivity contribution in [2.45, 2.75) is 19.9 Å². The van der Waals surface area contributed by atoms with Crippen LogP contribution in [0.3, 0.4) is 0 Å². The second kappa shape index (κ2) is 8.31. The number of carbonyl (C=O) groups excluding carboxylic acids is 2. The Labute approximate surface area is 165 Å². The minimum atomic E-state index is -0.427. The van der Waals surface area contributed by atoms with Crippen LogP contribution in [0.25, 0.3) is 10.9 Å². The molecule has 3 rings (SSSR count). The monoisotopic (exact) mass is 376 g/mol. The molecule has 5 heteroatoms. The topological polar surface area (TPSA) is 59.5 Å². The van der Waals surface area contributed by atoms with E-state index in [9.17, 15) is 9.59 Å². The Balaban J connectivity index is 1.86. The summed E-state index contributed by atoms with van der Waals surface area (Å²) in [6.45, 7) is 2.80. The van der Waals surface area contributed by atoms with Crippen LogP contribution in [-0.2, 0) is 17.7 Å². The highest BCUT2D eigenvalue weighted by Gasteiger charge is 2.12. The highest BCUT2D eigenvalue weighted by Crippen LogP contribution is 2.19. The van der Waals surface area contributed by atoms with Crippen molar-refractivity contribution in [3.63, 3.8) is 0 Å². The van der Waals surface area contributed by atoms with E-state index in [1.807, 2.05) is 51.4 Å². The first-order valence-electron chi connectivity index (χ1n) is 9.11. The van der Waals surface area contributed by atoms with Gasteiger partial charge in [-0.1, -0.05) is 17.7 Å². The second-order valence-corrected chi connectivity index (χ2v) is 7.29. The minimum Gasteiger partial charge on any atom is -0.465 e. The summed E-state index contributed by atoms with van der Waals surface area (Å²) in [5, 5.41) is 0.811. The Morgan fingerprint density at radius 2 is 1.79 bits per heavy atom. The molecule has 0 aliphatic heterocycles. The van der Waals surface area contributed by atoms with Gasteiger partial charge in [-0.05, 0) is 62.5 Å². The SMILES string of the molecule is COC(=O)c1cnc2ccc(CC(=O)c3cc(C)cc(CN(C)C)c3)cc2c1. The number of benzene rings is 2. The maximum absolute atomic E-state index is 12.9. The largest absolute Gasteiger partial charge is 0.465 e. The lowest BCUT2D eigenvalue weighted by molar-refractivity contribution is 0.0600. The molecule has 0 bridgehead atoms. The van der Waals surface area contributed by atoms with Gasteiger partial charge in [0.1, 0.15) is 0 Å². The highest BCUT2D eigenvalue weighted by molar-refractivity contribution is 5.98. The van der Waals surface area contributed by atoms with Crippen LogP contribution in [0, 0.1) is 6.92 Å². The van der Waals surface area contributed by atoms with Gasteiger partial charge in [0.25, 0.3) is 0 Å². The quantitative estimate of drug-likeness (QED) is 0.484. The molecular formula is C23H24N2O3. The fourth-order valence-corrected chi connectivity index (χ4v) is 3.29. The lowest BCUT2D eigenvalue weighted by atomic mass is 9.98. The van der Waals surface area contributed by atoms with Crippen LogP contribution in [0.15, 0.2) is 48.7 Å². The van der Waals surface area contributed by atoms with E-state index in [-0.39, 0.29) is 5.78 Å². The van der Waals surface area contributed by atoms with Gasteiger partial charge in [-0.3, -0.25) is 9.78 Å². The molecule has 144 valence electrons. The fourth-order valence-electron chi connectivity index (χ4n) is 3.29. The predicted molar refractivity (Wildman–Crippen MR) is 110 cm³/mol. The van der Waals surface area contributed by atoms with Crippen LogP contribution in [0.1, 0.15) is 37.4 Å². The van der Waals surface area contributed by atoms with E-state index >= 15 is 0 Å². The highest BCUT2D eigenvalue weighted by atomic mass is 16.5. The van der Waals surface area contributed by atoms with E-state index in [0.717, 1.165) is 39.7 Å². The fraction of sp³-hybridized carbons (Fsp3) is 0.261. The average Bonchev–Trinajstić information content (AvgIpc) is 2.65. The van der Waals surface area contributed by atoms with E-state index in [1.54, 1.807) is 6.07 Å². The Morgan fingerprint density at radius 1 is 1.00 bits per heavy atom. The summed E-state index contributed by atoms with van der Waals surface area (Å²) in [6, 6.07) is 13.4. The molecule has 0 N–H and O–H groups in total. The predicted octanol–water partition coefficient (Wildman–Crippen LogP) is 3.82. The van der Waals surface area contributed by atoms with E-state index < -0.39 is 5.97 Å². The third-order valence-electron chi connectivity index (χ3n) is 4.49. The van der Waals surface area contributed by atoms with Crippen LogP contribution >= 0.6 is 0 Å². The van der Waals surface area contributed by atoms with Crippen molar-refractivity contribution in [2.24, 2.45) is 0 Å². The molecule has 0 spiro atoms. The number of carbonyl (C=O) groups is 2. The van der Waals surface area contributed by atoms with Gasteiger partial charge in [-0.25, -0.2) is 4.79 Å². The molecule has 0 aliphatic carbocycles. The number of ether oxygens (including phenoxy) is 1. The molecule has 0 amide bonds. The number of aromatic nitrogens is 1. The van der Waals surface area contributed by atoms with Crippen LogP contribution in [0.5, 0.6) is 0 Å². The Bertz CT molecular complexity index is 1040. The Kier molecular flexibility index (Phi) is 5.85. The first-order valence-corrected chi connectivity index (χ1v) is 9.11. The third kappa shape index (κ3) is 4.61. The zero-order chi connectivity index (χ0) is 20.3. The average molecular weight is 376 g/mol. The summed E-state index contributed by atoms with van der Waals surface area (Å²) in [6.07, 6.45) is 1.79. The summed E-state index contributed by atoms with van der Waals surface area (Å²) in [4.78, 5) is 31.0. The molecule has 0 fully saturated rings. The standard InChI is InChI=1S/C23H24N2O3/c1-15-7-17(14-25(2)3)10-19(8-15)22(26)11-16-5-6-21-18(9-16)12-20(13-24-21)23(27)28-4/h5-10,12-13H,11,14H2,1-4H3. The number of Topliss-reactive ketones (excluding diaryl/α,β-unsaturated/α-hetero) is 1. The maximum atomic E-state index is 12.9. The van der Waals surface area contributed by atoms with Crippen LogP contribution in [0.2, 0.25) is 0 Å². The van der Waals surface area contributed by atoms with Gasteiger partial charge in [0, 0.05) is 30.1 Å². The molecule has 2 aromatic carbocycles. The number of fused-ring (bicyclic) bond motifs is 1. The van der Waals surface area contributed by atoms with Gasteiger partial charge in [-0.15, -0.1) is 0 Å². The summed E-state index contributed by atoms with van der Waals surface area (Å²) >= 11 is 0. The van der Waals surface area contributed by atoms with Gasteiger partial charge in [0.15, 0.2) is 5.78 Å². The number of hydrogen-bond acceptors (Lipinski definition) is 5. The molecule has 1 aromatic heterocycles. The van der Waals surface area contributed by atoms with E-state index in [4.69, 9.17) is 4.74 Å². The molecule has 0 aliphatic rings. The summed E-state index contributed by atoms with van der Waals surface area (Å²) in [7, 11) is 5.36. The lowest BCUT2D eigenvalue weighted by Gasteiger charge is -2.12. The molecule has 5 nitrogen and oxygen atoms in total. The molecule has 1 heterocycles. The van der Waals surface area contributed by atoms with Gasteiger partial charge in [0.2, 0.25) is 0 Å². The summed E-state index contributed by atoms with van der Waals surface area (Å²) < 4.78 is 4.75. The molecule has 28 heavy (non-hydrogen) atoms. The molecule has 0 radical (unpaired) electrons. The number of pyridine rings is 1. The van der Waals surface area contributed by atoms with Gasteiger partial charge in [-0.2, -0.15) is 0 Å². The first kappa shape index (κ1) is 19.7. The normalized spacial score (nSPS) is 11.0. The van der Waals surface area contributed by atoms with E-state index in [1.165, 1.54) is 13.3 Å². The van der Waals surface area contributed by atoms with Crippen LogP contribution in [-0.4, -0.2) is 42.8 Å². The summed E-state index contributed by atoms with van der Waals surface area (Å²) in [5.41, 5.74) is 4.97. The van der Waals surface area contributed by atoms with Gasteiger partial charge in [0.05, 0.1) is 18.2 Å². The van der Waals surface area contributed by atoms with Crippen molar-refractivity contribution in [3.05, 3.63) is 76.5 Å². The number of methoxy groups -OCH3 is 1. The van der Waals surface area contributed by atoms with Crippen molar-refractivity contribution < 1.29 is 14.3 Å². The molecule has 0 saturated heterocycles. The molecular weight excluding hydrogens is 352 g/mol. The van der Waals surface area contributed by atoms with Crippen molar-refractivity contribution >= 4 is 22.7 Å². The maximum Gasteiger partial charge on any atom is 0.339 e. The molecule has 3 aromatic rings. The lowest BCUT2D eigenvalue weighted by Crippen LogP contribution is -2.12. The van der Waals surface area contributed by atoms with E-state index in [2.05, 4.69) is 16.0 Å². The van der Waals surface area contributed by atoms with Crippen molar-refractivity contribution in [3.8, 4) is 0 Å². The van der Waals surface area contributed by atoms with Crippen LogP contribution in [0.4, 0.5) is 0 Å². The van der Waals surface area contributed by atoms with E-state index in [0.29, 0.717) is 12.0 Å². The Hall–Kier alpha value is -3.05. The first-order chi connectivity index (χ1) is 13.4. The second-order valence-electron chi connectivity index (χ2n) is 7.29. The molecule has 0 saturated carbocycles. The third-order valence-corrected chi connectivity index (χ3v) is 4.49. The summed E-state index contributed by atoms with van der Waals surface area (Å²) in [5.74, 6) is -0.357. The van der Waals surface area contributed by atoms with Crippen molar-refractivity contribution in [2.75, 3.05) is 21.2 Å². The number of aryl methyl sites for hydroxylation is 1. The smallest absolute Gasteiger partial charge is 0.339 e. The number of ketones is 1. The Morgan fingerprint density at radius 3 is 2.50 bits per heavy atom. The molecule has 0 atom stereocenters. The zero-order valence-electron chi connectivity index (χ0n) is 16.7. The number of rotatable bonds is 6. The minimum absolute atomic E-state index is 0.0696. The van der Waals surface area contributed by atoms with Gasteiger partial charge < -0.3 is 9.64 Å². The van der Waals surface area contributed by atoms with Crippen LogP contribution < -0.4 is 0 Å². The zero-order valence-corrected chi connectivity index (χ0v) is 16.7. The van der Waals surface area contributed by atoms with Crippen molar-refractivity contribution in [1.29, 1.82) is 0 Å². The number of nitrogens with zero attached hydrogens (tertiary/aromatic N) is 2. The van der Waals surface area contributed by atoms with Gasteiger partial charge >= 0.3 is 5.97 Å². The molecule has 0 unspecified atom stereocenters. The number of hydrogen-bond donors (Lipinski definition) is 0.